The molecule has 5 rings (SSSR count). The van der Waals surface area contributed by atoms with Gasteiger partial charge in [0.1, 0.15) is 0 Å². The van der Waals surface area contributed by atoms with Gasteiger partial charge in [-0.1, -0.05) is 41.7 Å². The van der Waals surface area contributed by atoms with Gasteiger partial charge in [0.2, 0.25) is 0 Å². The zero-order valence-electron chi connectivity index (χ0n) is 17.6. The number of piperidine rings is 1. The quantitative estimate of drug-likeness (QED) is 0.449. The van der Waals surface area contributed by atoms with Crippen molar-refractivity contribution in [2.45, 2.75) is 19.8 Å². The molecule has 1 atom stereocenters. The molecule has 1 saturated heterocycles. The first kappa shape index (κ1) is 20.4. The Labute approximate surface area is 189 Å². The number of carbonyl (C=O) groups is 1. The Morgan fingerprint density at radius 1 is 1.12 bits per heavy atom. The monoisotopic (exact) mass is 446 g/mol. The van der Waals surface area contributed by atoms with Crippen LogP contribution in [0.5, 0.6) is 0 Å². The summed E-state index contributed by atoms with van der Waals surface area (Å²) in [6.45, 7) is 3.07. The minimum absolute atomic E-state index is 0.451. The third-order valence-corrected chi connectivity index (χ3v) is 7.06. The predicted octanol–water partition coefficient (Wildman–Crippen LogP) is 5.22. The van der Waals surface area contributed by atoms with Gasteiger partial charge in [-0.25, -0.2) is 9.97 Å². The lowest BCUT2D eigenvalue weighted by Gasteiger charge is -2.37. The van der Waals surface area contributed by atoms with Gasteiger partial charge in [-0.3, -0.25) is 9.78 Å². The summed E-state index contributed by atoms with van der Waals surface area (Å²) in [5, 5.41) is 10.6. The van der Waals surface area contributed by atoms with Crippen molar-refractivity contribution in [3.8, 4) is 33.0 Å². The van der Waals surface area contributed by atoms with Crippen molar-refractivity contribution in [2.75, 3.05) is 18.0 Å². The molecule has 1 fully saturated rings. The summed E-state index contributed by atoms with van der Waals surface area (Å²) in [6.07, 6.45) is 8.19. The molecule has 1 aromatic carbocycles. The van der Waals surface area contributed by atoms with E-state index in [2.05, 4.69) is 14.9 Å². The third-order valence-electron chi connectivity index (χ3n) is 5.90. The molecule has 32 heavy (non-hydrogen) atoms. The third kappa shape index (κ3) is 3.78. The number of hydrogen-bond acceptors (Lipinski definition) is 7. The highest BCUT2D eigenvalue weighted by Crippen LogP contribution is 2.42. The van der Waals surface area contributed by atoms with Crippen LogP contribution in [-0.4, -0.2) is 39.1 Å². The summed E-state index contributed by atoms with van der Waals surface area (Å²) in [7, 11) is 0. The van der Waals surface area contributed by atoms with Crippen LogP contribution in [0.2, 0.25) is 0 Å². The van der Waals surface area contributed by atoms with Gasteiger partial charge in [0.05, 0.1) is 22.2 Å². The molecular weight excluding hydrogens is 424 g/mol. The Morgan fingerprint density at radius 2 is 1.94 bits per heavy atom. The summed E-state index contributed by atoms with van der Waals surface area (Å²) in [5.41, 5.74) is 3.01. The van der Waals surface area contributed by atoms with Crippen LogP contribution in [0.4, 0.5) is 5.13 Å². The molecule has 1 N–H and O–H groups in total. The van der Waals surface area contributed by atoms with Gasteiger partial charge < -0.3 is 14.4 Å². The average Bonchev–Trinajstić information content (AvgIpc) is 3.50. The van der Waals surface area contributed by atoms with Crippen LogP contribution in [0.3, 0.4) is 0 Å². The number of oxazole rings is 1. The number of rotatable bonds is 5. The van der Waals surface area contributed by atoms with Crippen molar-refractivity contribution < 1.29 is 14.3 Å². The molecule has 0 saturated carbocycles. The molecule has 7 nitrogen and oxygen atoms in total. The SMILES string of the molecule is CC1(C(=O)O)CCCN(c2nc(-c3ccc(-c4cnco4)cc3)c(-c3cccnc3)s2)C1. The molecule has 0 bridgehead atoms. The number of benzene rings is 1. The van der Waals surface area contributed by atoms with E-state index in [1.54, 1.807) is 23.7 Å². The lowest BCUT2D eigenvalue weighted by atomic mass is 9.82. The van der Waals surface area contributed by atoms with E-state index in [1.165, 1.54) is 6.39 Å². The van der Waals surface area contributed by atoms with Gasteiger partial charge in [-0.05, 0) is 25.8 Å². The molecule has 3 aromatic heterocycles. The first-order valence-electron chi connectivity index (χ1n) is 10.4. The molecule has 4 aromatic rings. The second kappa shape index (κ2) is 8.20. The normalized spacial score (nSPS) is 18.6. The molecular formula is C24H22N4O3S. The van der Waals surface area contributed by atoms with Crippen LogP contribution in [0.15, 0.2) is 65.8 Å². The van der Waals surface area contributed by atoms with Crippen molar-refractivity contribution in [2.24, 2.45) is 5.41 Å². The van der Waals surface area contributed by atoms with E-state index in [0.717, 1.165) is 45.4 Å². The van der Waals surface area contributed by atoms with E-state index in [1.807, 2.05) is 49.5 Å². The van der Waals surface area contributed by atoms with E-state index in [-0.39, 0.29) is 0 Å². The minimum atomic E-state index is -0.767. The van der Waals surface area contributed by atoms with Gasteiger partial charge in [-0.15, -0.1) is 0 Å². The standard InChI is InChI=1S/C24H22N4O3S/c1-24(22(29)30)9-3-11-28(14-24)23-27-20(21(32-23)18-4-2-10-25-12-18)17-7-5-16(6-8-17)19-13-26-15-31-19/h2,4-8,10,12-13,15H,3,9,11,14H2,1H3,(H,29,30). The smallest absolute Gasteiger partial charge is 0.311 e. The second-order valence-corrected chi connectivity index (χ2v) is 9.23. The Hall–Kier alpha value is -3.52. The number of carboxylic acids is 1. The van der Waals surface area contributed by atoms with Gasteiger partial charge >= 0.3 is 5.97 Å². The summed E-state index contributed by atoms with van der Waals surface area (Å²) >= 11 is 1.58. The van der Waals surface area contributed by atoms with E-state index < -0.39 is 11.4 Å². The van der Waals surface area contributed by atoms with Gasteiger partial charge in [0.15, 0.2) is 17.3 Å². The maximum atomic E-state index is 11.8. The number of anilines is 1. The number of aromatic nitrogens is 3. The lowest BCUT2D eigenvalue weighted by Crippen LogP contribution is -2.46. The first-order valence-corrected chi connectivity index (χ1v) is 11.2. The summed E-state index contributed by atoms with van der Waals surface area (Å²) in [4.78, 5) is 28.2. The van der Waals surface area contributed by atoms with Crippen LogP contribution in [-0.2, 0) is 4.79 Å². The van der Waals surface area contributed by atoms with E-state index in [4.69, 9.17) is 9.40 Å². The maximum absolute atomic E-state index is 11.8. The fourth-order valence-corrected chi connectivity index (χ4v) is 5.16. The number of thiazole rings is 1. The van der Waals surface area contributed by atoms with Crippen molar-refractivity contribution in [1.82, 2.24) is 15.0 Å². The number of aliphatic carboxylic acids is 1. The van der Waals surface area contributed by atoms with E-state index in [0.29, 0.717) is 18.7 Å². The maximum Gasteiger partial charge on any atom is 0.311 e. The average molecular weight is 447 g/mol. The van der Waals surface area contributed by atoms with Crippen LogP contribution >= 0.6 is 11.3 Å². The molecule has 4 heterocycles. The Bertz CT molecular complexity index is 1220. The highest BCUT2D eigenvalue weighted by molar-refractivity contribution is 7.19. The zero-order chi connectivity index (χ0) is 22.1. The van der Waals surface area contributed by atoms with Gasteiger partial charge in [-0.2, -0.15) is 0 Å². The number of nitrogens with zero attached hydrogens (tertiary/aromatic N) is 4. The van der Waals surface area contributed by atoms with Gasteiger partial charge in [0.25, 0.3) is 0 Å². The number of hydrogen-bond donors (Lipinski definition) is 1. The molecule has 8 heteroatoms. The Kier molecular flexibility index (Phi) is 5.22. The van der Waals surface area contributed by atoms with Crippen molar-refractivity contribution in [3.63, 3.8) is 0 Å². The number of carboxylic acid groups (broad SMARTS) is 1. The van der Waals surface area contributed by atoms with Crippen molar-refractivity contribution >= 4 is 22.4 Å². The first-order chi connectivity index (χ1) is 15.5. The molecule has 0 spiro atoms. The zero-order valence-corrected chi connectivity index (χ0v) is 18.4. The molecule has 0 radical (unpaired) electrons. The molecule has 1 aliphatic rings. The molecule has 162 valence electrons. The largest absolute Gasteiger partial charge is 0.481 e. The Morgan fingerprint density at radius 3 is 2.62 bits per heavy atom. The lowest BCUT2D eigenvalue weighted by molar-refractivity contribution is -0.148. The van der Waals surface area contributed by atoms with E-state index in [9.17, 15) is 9.90 Å². The molecule has 0 aliphatic carbocycles. The Balaban J connectivity index is 1.54. The van der Waals surface area contributed by atoms with Crippen LogP contribution < -0.4 is 4.90 Å². The summed E-state index contributed by atoms with van der Waals surface area (Å²) < 4.78 is 5.39. The van der Waals surface area contributed by atoms with Crippen molar-refractivity contribution in [1.29, 1.82) is 0 Å². The topological polar surface area (TPSA) is 92.3 Å². The van der Waals surface area contributed by atoms with Crippen LogP contribution in [0.1, 0.15) is 19.8 Å². The molecule has 1 unspecified atom stereocenters. The molecule has 0 amide bonds. The number of pyridine rings is 1. The van der Waals surface area contributed by atoms with Crippen LogP contribution in [0, 0.1) is 5.41 Å². The van der Waals surface area contributed by atoms with Crippen molar-refractivity contribution in [3.05, 3.63) is 61.4 Å². The summed E-state index contributed by atoms with van der Waals surface area (Å²) in [6, 6.07) is 12.0. The fraction of sp³-hybridized carbons (Fsp3) is 0.250. The van der Waals surface area contributed by atoms with Gasteiger partial charge in [0, 0.05) is 42.2 Å². The van der Waals surface area contributed by atoms with Crippen LogP contribution in [0.25, 0.3) is 33.0 Å². The molecule has 1 aliphatic heterocycles. The summed E-state index contributed by atoms with van der Waals surface area (Å²) in [5.74, 6) is -0.0428. The highest BCUT2D eigenvalue weighted by Gasteiger charge is 2.39. The predicted molar refractivity (Wildman–Crippen MR) is 123 cm³/mol. The second-order valence-electron chi connectivity index (χ2n) is 8.25. The fourth-order valence-electron chi connectivity index (χ4n) is 4.06. The highest BCUT2D eigenvalue weighted by atomic mass is 32.1. The van der Waals surface area contributed by atoms with E-state index >= 15 is 0 Å². The minimum Gasteiger partial charge on any atom is -0.481 e.